The summed E-state index contributed by atoms with van der Waals surface area (Å²) in [5, 5.41) is 7.01. The molecule has 0 saturated carbocycles. The molecule has 0 spiro atoms. The van der Waals surface area contributed by atoms with Crippen molar-refractivity contribution in [3.8, 4) is 0 Å². The van der Waals surface area contributed by atoms with Crippen molar-refractivity contribution < 1.29 is 121 Å². The zero-order valence-corrected chi connectivity index (χ0v) is 10.1. The largest absolute Gasteiger partial charge is 1.00 e. The molecule has 0 aromatic heterocycles. The molecule has 0 rings (SSSR count). The summed E-state index contributed by atoms with van der Waals surface area (Å²) in [7, 11) is 0. The predicted octanol–water partition coefficient (Wildman–Crippen LogP) is -6.13. The summed E-state index contributed by atoms with van der Waals surface area (Å²) in [6, 6.07) is 0. The van der Waals surface area contributed by atoms with Crippen molar-refractivity contribution in [2.75, 3.05) is 0 Å². The summed E-state index contributed by atoms with van der Waals surface area (Å²) in [5.41, 5.74) is 0. The molecule has 0 bridgehead atoms. The van der Waals surface area contributed by atoms with Gasteiger partial charge in [0, 0.05) is 0 Å². The summed E-state index contributed by atoms with van der Waals surface area (Å²) in [4.78, 5) is 11.6. The Kier molecular flexibility index (Phi) is 41.4. The Hall–Kier alpha value is 2.70. The maximum atomic E-state index is 8.70. The van der Waals surface area contributed by atoms with E-state index in [1.165, 1.54) is 0 Å². The molecular weight excluding hydrogens is 138 g/mol. The Bertz CT molecular complexity index is 29.2. The summed E-state index contributed by atoms with van der Waals surface area (Å²) in [6.07, 6.45) is 0. The molecule has 0 heterocycles. The number of carbonyl (C=O) groups excluding carboxylic acids is 1. The smallest absolute Gasteiger partial charge is 1.00 e. The standard InChI is InChI=1S/CH2O3.2K.2H/c2-1-4-3;;;;/h1,3H;;;;/q;2*+1;2*-1. The molecule has 0 aromatic rings. The first kappa shape index (κ1) is 15.9. The Morgan fingerprint density at radius 3 is 1.83 bits per heavy atom. The zero-order valence-electron chi connectivity index (χ0n) is 5.84. The van der Waals surface area contributed by atoms with Gasteiger partial charge in [-0.25, -0.2) is 5.26 Å². The van der Waals surface area contributed by atoms with E-state index in [2.05, 4.69) is 4.89 Å². The molecule has 0 unspecified atom stereocenters. The maximum Gasteiger partial charge on any atom is 1.00 e. The van der Waals surface area contributed by atoms with Gasteiger partial charge in [-0.2, -0.15) is 0 Å². The Morgan fingerprint density at radius 1 is 1.67 bits per heavy atom. The minimum absolute atomic E-state index is 0. The summed E-state index contributed by atoms with van der Waals surface area (Å²) < 4.78 is 0. The summed E-state index contributed by atoms with van der Waals surface area (Å²) in [6.45, 7) is -0.0694. The van der Waals surface area contributed by atoms with Gasteiger partial charge in [0.1, 0.15) is 0 Å². The molecule has 1 N–H and O–H groups in total. The molecule has 0 radical (unpaired) electrons. The van der Waals surface area contributed by atoms with Crippen LogP contribution in [0, 0.1) is 0 Å². The predicted molar refractivity (Wildman–Crippen MR) is 12.0 cm³/mol. The monoisotopic (exact) mass is 142 g/mol. The third-order valence-electron chi connectivity index (χ3n) is 0.0430. The van der Waals surface area contributed by atoms with Gasteiger partial charge in [-0.05, 0) is 0 Å². The average Bonchev–Trinajstić information content (AvgIpc) is 1.37. The van der Waals surface area contributed by atoms with E-state index >= 15 is 0 Å². The van der Waals surface area contributed by atoms with E-state index in [0.717, 1.165) is 0 Å². The van der Waals surface area contributed by atoms with Crippen molar-refractivity contribution >= 4 is 6.47 Å². The number of hydrogen-bond donors (Lipinski definition) is 1. The van der Waals surface area contributed by atoms with Crippen molar-refractivity contribution in [3.63, 3.8) is 0 Å². The molecule has 0 aliphatic heterocycles. The van der Waals surface area contributed by atoms with Crippen molar-refractivity contribution in [1.29, 1.82) is 0 Å². The van der Waals surface area contributed by atoms with Crippen LogP contribution in [0.2, 0.25) is 0 Å². The minimum atomic E-state index is -0.0694. The van der Waals surface area contributed by atoms with E-state index in [9.17, 15) is 0 Å². The third kappa shape index (κ3) is 15.9. The first-order valence-corrected chi connectivity index (χ1v) is 0.654. The van der Waals surface area contributed by atoms with E-state index in [0.29, 0.717) is 0 Å². The van der Waals surface area contributed by atoms with Crippen LogP contribution in [-0.4, -0.2) is 11.7 Å². The van der Waals surface area contributed by atoms with E-state index in [1.54, 1.807) is 0 Å². The molecule has 3 nitrogen and oxygen atoms in total. The molecule has 0 aromatic carbocycles. The molecule has 5 heteroatoms. The molecule has 0 aliphatic carbocycles. The molecule has 28 valence electrons. The van der Waals surface area contributed by atoms with E-state index < -0.39 is 0 Å². The van der Waals surface area contributed by atoms with Crippen LogP contribution in [-0.2, 0) is 9.68 Å². The van der Waals surface area contributed by atoms with E-state index in [-0.39, 0.29) is 112 Å². The minimum Gasteiger partial charge on any atom is -1.00 e. The van der Waals surface area contributed by atoms with Gasteiger partial charge >= 0.3 is 109 Å². The molecule has 0 amide bonds. The van der Waals surface area contributed by atoms with E-state index in [4.69, 9.17) is 10.1 Å². The third-order valence-corrected chi connectivity index (χ3v) is 0.0430. The first-order chi connectivity index (χ1) is 1.91. The van der Waals surface area contributed by atoms with Gasteiger partial charge < -0.3 is 7.74 Å². The molecule has 0 saturated heterocycles. The molecule has 0 atom stereocenters. The Balaban J connectivity index is -0.00000000750. The fraction of sp³-hybridized carbons (Fsp3) is 0. The van der Waals surface area contributed by atoms with Gasteiger partial charge in [-0.15, -0.1) is 0 Å². The van der Waals surface area contributed by atoms with Gasteiger partial charge in [0.2, 0.25) is 0 Å². The van der Waals surface area contributed by atoms with Crippen LogP contribution in [0.5, 0.6) is 0 Å². The van der Waals surface area contributed by atoms with Crippen molar-refractivity contribution in [2.45, 2.75) is 0 Å². The van der Waals surface area contributed by atoms with Crippen LogP contribution in [0.1, 0.15) is 2.85 Å². The second-order valence-corrected chi connectivity index (χ2v) is 0.202. The molecule has 0 aliphatic rings. The topological polar surface area (TPSA) is 46.5 Å². The van der Waals surface area contributed by atoms with Crippen LogP contribution in [0.4, 0.5) is 0 Å². The maximum absolute atomic E-state index is 8.70. The Morgan fingerprint density at radius 2 is 1.83 bits per heavy atom. The second-order valence-electron chi connectivity index (χ2n) is 0.202. The zero-order chi connectivity index (χ0) is 3.41. The second kappa shape index (κ2) is 15.6. The van der Waals surface area contributed by atoms with Crippen LogP contribution in [0.3, 0.4) is 0 Å². The van der Waals surface area contributed by atoms with Crippen LogP contribution < -0.4 is 103 Å². The number of hydrogen-bond acceptors (Lipinski definition) is 3. The fourth-order valence-electron chi connectivity index (χ4n) is 0. The van der Waals surface area contributed by atoms with Gasteiger partial charge in [-0.1, -0.05) is 0 Å². The molecule has 6 heavy (non-hydrogen) atoms. The summed E-state index contributed by atoms with van der Waals surface area (Å²) >= 11 is 0. The van der Waals surface area contributed by atoms with Crippen LogP contribution in [0.15, 0.2) is 0 Å². The van der Waals surface area contributed by atoms with Crippen molar-refractivity contribution in [2.24, 2.45) is 0 Å². The SMILES string of the molecule is O=COO.[H-].[H-].[K+].[K+]. The Labute approximate surface area is 124 Å². The normalized spacial score (nSPS) is 3.50. The van der Waals surface area contributed by atoms with Gasteiger partial charge in [0.05, 0.1) is 0 Å². The molecular formula is CH4K2O3. The molecule has 0 fully saturated rings. The number of rotatable bonds is 1. The van der Waals surface area contributed by atoms with Crippen LogP contribution in [0.25, 0.3) is 0 Å². The van der Waals surface area contributed by atoms with Gasteiger partial charge in [-0.3, -0.25) is 4.79 Å². The van der Waals surface area contributed by atoms with Crippen molar-refractivity contribution in [1.82, 2.24) is 0 Å². The fourth-order valence-corrected chi connectivity index (χ4v) is 0. The quantitative estimate of drug-likeness (QED) is 0.171. The summed E-state index contributed by atoms with van der Waals surface area (Å²) in [5.74, 6) is 0. The average molecular weight is 142 g/mol. The van der Waals surface area contributed by atoms with Crippen molar-refractivity contribution in [3.05, 3.63) is 0 Å². The first-order valence-electron chi connectivity index (χ1n) is 0.654. The van der Waals surface area contributed by atoms with Crippen LogP contribution >= 0.6 is 0 Å². The van der Waals surface area contributed by atoms with Gasteiger partial charge in [0.15, 0.2) is 0 Å². The number of carbonyl (C=O) groups is 1. The van der Waals surface area contributed by atoms with E-state index in [1.807, 2.05) is 0 Å². The van der Waals surface area contributed by atoms with Gasteiger partial charge in [0.25, 0.3) is 0 Å².